The molecule has 0 rings (SSSR count). The summed E-state index contributed by atoms with van der Waals surface area (Å²) in [7, 11) is 0. The summed E-state index contributed by atoms with van der Waals surface area (Å²) >= 11 is 0. The van der Waals surface area contributed by atoms with Crippen molar-refractivity contribution in [2.45, 2.75) is 32.7 Å². The molecule has 1 amide bonds. The van der Waals surface area contributed by atoms with Gasteiger partial charge in [-0.05, 0) is 20.0 Å². The molecule has 4 nitrogen and oxygen atoms in total. The number of hydrogen-bond acceptors (Lipinski definition) is 2. The summed E-state index contributed by atoms with van der Waals surface area (Å²) in [6, 6.07) is 0.0267. The van der Waals surface area contributed by atoms with Crippen molar-refractivity contribution < 1.29 is 14.7 Å². The zero-order valence-electron chi connectivity index (χ0n) is 7.99. The largest absolute Gasteiger partial charge is 0.481 e. The van der Waals surface area contributed by atoms with Crippen molar-refractivity contribution in [2.75, 3.05) is 0 Å². The summed E-state index contributed by atoms with van der Waals surface area (Å²) in [5.74, 6) is -1.16. The number of carboxylic acids is 1. The first kappa shape index (κ1) is 11.7. The molecule has 0 radical (unpaired) electrons. The van der Waals surface area contributed by atoms with Gasteiger partial charge >= 0.3 is 5.97 Å². The molecular weight excluding hydrogens is 170 g/mol. The number of aliphatic carboxylic acids is 1. The minimum atomic E-state index is -0.957. The van der Waals surface area contributed by atoms with Crippen LogP contribution in [0.5, 0.6) is 0 Å². The average molecular weight is 185 g/mol. The molecule has 0 heterocycles. The minimum absolute atomic E-state index is 0.0267. The highest BCUT2D eigenvalue weighted by atomic mass is 16.4. The summed E-state index contributed by atoms with van der Waals surface area (Å²) in [6.07, 6.45) is 1.32. The van der Waals surface area contributed by atoms with Gasteiger partial charge in [0, 0.05) is 12.5 Å². The Morgan fingerprint density at radius 3 is 2.31 bits per heavy atom. The predicted molar refractivity (Wildman–Crippen MR) is 49.0 cm³/mol. The molecule has 0 atom stereocenters. The molecule has 4 heteroatoms. The number of carbonyl (C=O) groups excluding carboxylic acids is 1. The first-order chi connectivity index (χ1) is 5.99. The highest BCUT2D eigenvalue weighted by Crippen LogP contribution is 2.03. The SMILES string of the molecule is C=CN(C(=O)CCC(=O)O)C(C)C. The molecule has 0 aromatic carbocycles. The van der Waals surface area contributed by atoms with Gasteiger partial charge in [0.2, 0.25) is 5.91 Å². The number of carboxylic acid groups (broad SMARTS) is 1. The average Bonchev–Trinajstić information content (AvgIpc) is 2.01. The molecule has 0 spiro atoms. The molecule has 0 aromatic heterocycles. The van der Waals surface area contributed by atoms with Crippen LogP contribution in [0.2, 0.25) is 0 Å². The fourth-order valence-electron chi connectivity index (χ4n) is 0.944. The van der Waals surface area contributed by atoms with Crippen LogP contribution in [-0.2, 0) is 9.59 Å². The van der Waals surface area contributed by atoms with Gasteiger partial charge in [0.05, 0.1) is 6.42 Å². The van der Waals surface area contributed by atoms with Gasteiger partial charge in [0.25, 0.3) is 0 Å². The maximum atomic E-state index is 11.3. The standard InChI is InChI=1S/C9H15NO3/c1-4-10(7(2)3)8(11)5-6-9(12)13/h4,7H,1,5-6H2,2-3H3,(H,12,13). The van der Waals surface area contributed by atoms with Crippen LogP contribution in [0.4, 0.5) is 0 Å². The molecule has 74 valence electrons. The molecule has 0 aliphatic heterocycles. The van der Waals surface area contributed by atoms with E-state index in [4.69, 9.17) is 5.11 Å². The monoisotopic (exact) mass is 185 g/mol. The summed E-state index contributed by atoms with van der Waals surface area (Å²) in [5.41, 5.74) is 0. The molecule has 0 bridgehead atoms. The third kappa shape index (κ3) is 4.30. The minimum Gasteiger partial charge on any atom is -0.481 e. The van der Waals surface area contributed by atoms with E-state index in [0.717, 1.165) is 0 Å². The van der Waals surface area contributed by atoms with E-state index in [1.54, 1.807) is 0 Å². The quantitative estimate of drug-likeness (QED) is 0.700. The van der Waals surface area contributed by atoms with Crippen LogP contribution in [-0.4, -0.2) is 27.9 Å². The highest BCUT2D eigenvalue weighted by molar-refractivity contribution is 5.81. The van der Waals surface area contributed by atoms with E-state index >= 15 is 0 Å². The molecule has 0 fully saturated rings. The van der Waals surface area contributed by atoms with Crippen LogP contribution in [0.25, 0.3) is 0 Å². The molecule has 0 saturated carbocycles. The van der Waals surface area contributed by atoms with Gasteiger partial charge in [-0.1, -0.05) is 6.58 Å². The van der Waals surface area contributed by atoms with Gasteiger partial charge in [-0.3, -0.25) is 9.59 Å². The Balaban J connectivity index is 4.07. The van der Waals surface area contributed by atoms with Gasteiger partial charge in [-0.15, -0.1) is 0 Å². The Morgan fingerprint density at radius 2 is 2.00 bits per heavy atom. The number of carbonyl (C=O) groups is 2. The van der Waals surface area contributed by atoms with Gasteiger partial charge in [0.15, 0.2) is 0 Å². The number of nitrogens with zero attached hydrogens (tertiary/aromatic N) is 1. The van der Waals surface area contributed by atoms with E-state index in [2.05, 4.69) is 6.58 Å². The lowest BCUT2D eigenvalue weighted by Gasteiger charge is -2.21. The first-order valence-corrected chi connectivity index (χ1v) is 4.14. The van der Waals surface area contributed by atoms with E-state index in [1.165, 1.54) is 11.1 Å². The van der Waals surface area contributed by atoms with Crippen molar-refractivity contribution in [3.8, 4) is 0 Å². The Morgan fingerprint density at radius 1 is 1.46 bits per heavy atom. The lowest BCUT2D eigenvalue weighted by atomic mass is 10.2. The van der Waals surface area contributed by atoms with E-state index in [0.29, 0.717) is 0 Å². The number of rotatable bonds is 5. The zero-order chi connectivity index (χ0) is 10.4. The topological polar surface area (TPSA) is 57.6 Å². The van der Waals surface area contributed by atoms with Gasteiger partial charge in [0.1, 0.15) is 0 Å². The fraction of sp³-hybridized carbons (Fsp3) is 0.556. The van der Waals surface area contributed by atoms with Crippen LogP contribution >= 0.6 is 0 Å². The molecule has 1 N–H and O–H groups in total. The van der Waals surface area contributed by atoms with Crippen molar-refractivity contribution in [2.24, 2.45) is 0 Å². The Labute approximate surface area is 77.8 Å². The predicted octanol–water partition coefficient (Wildman–Crippen LogP) is 1.23. The van der Waals surface area contributed by atoms with E-state index in [9.17, 15) is 9.59 Å². The Bertz CT molecular complexity index is 211. The normalized spacial score (nSPS) is 9.77. The fourth-order valence-corrected chi connectivity index (χ4v) is 0.944. The molecule has 0 unspecified atom stereocenters. The zero-order valence-corrected chi connectivity index (χ0v) is 7.99. The summed E-state index contributed by atoms with van der Waals surface area (Å²) in [6.45, 7) is 7.18. The second kappa shape index (κ2) is 5.35. The lowest BCUT2D eigenvalue weighted by Crippen LogP contribution is -2.31. The first-order valence-electron chi connectivity index (χ1n) is 4.14. The van der Waals surface area contributed by atoms with Crippen LogP contribution < -0.4 is 0 Å². The summed E-state index contributed by atoms with van der Waals surface area (Å²) in [4.78, 5) is 22.9. The second-order valence-corrected chi connectivity index (χ2v) is 2.97. The molecule has 0 aromatic rings. The Hall–Kier alpha value is -1.32. The van der Waals surface area contributed by atoms with Crippen molar-refractivity contribution in [3.05, 3.63) is 12.8 Å². The Kier molecular flexibility index (Phi) is 4.80. The van der Waals surface area contributed by atoms with Crippen molar-refractivity contribution in [1.82, 2.24) is 4.90 Å². The summed E-state index contributed by atoms with van der Waals surface area (Å²) < 4.78 is 0. The van der Waals surface area contributed by atoms with Gasteiger partial charge in [-0.25, -0.2) is 0 Å². The molecule has 0 aliphatic carbocycles. The molecular formula is C9H15NO3. The smallest absolute Gasteiger partial charge is 0.303 e. The van der Waals surface area contributed by atoms with E-state index < -0.39 is 5.97 Å². The lowest BCUT2D eigenvalue weighted by molar-refractivity contribution is -0.140. The number of hydrogen-bond donors (Lipinski definition) is 1. The van der Waals surface area contributed by atoms with E-state index in [1.807, 2.05) is 13.8 Å². The number of amides is 1. The third-order valence-electron chi connectivity index (χ3n) is 1.59. The summed E-state index contributed by atoms with van der Waals surface area (Å²) in [5, 5.41) is 8.36. The third-order valence-corrected chi connectivity index (χ3v) is 1.59. The maximum absolute atomic E-state index is 11.3. The van der Waals surface area contributed by atoms with Gasteiger partial charge in [-0.2, -0.15) is 0 Å². The second-order valence-electron chi connectivity index (χ2n) is 2.97. The van der Waals surface area contributed by atoms with Gasteiger partial charge < -0.3 is 10.0 Å². The van der Waals surface area contributed by atoms with Crippen LogP contribution in [0, 0.1) is 0 Å². The molecule has 13 heavy (non-hydrogen) atoms. The van der Waals surface area contributed by atoms with Crippen molar-refractivity contribution in [1.29, 1.82) is 0 Å². The van der Waals surface area contributed by atoms with E-state index in [-0.39, 0.29) is 24.8 Å². The van der Waals surface area contributed by atoms with Crippen LogP contribution in [0.15, 0.2) is 12.8 Å². The van der Waals surface area contributed by atoms with Crippen LogP contribution in [0.1, 0.15) is 26.7 Å². The van der Waals surface area contributed by atoms with Crippen LogP contribution in [0.3, 0.4) is 0 Å². The van der Waals surface area contributed by atoms with Crippen molar-refractivity contribution in [3.63, 3.8) is 0 Å². The molecule has 0 aliphatic rings. The molecule has 0 saturated heterocycles. The maximum Gasteiger partial charge on any atom is 0.303 e. The van der Waals surface area contributed by atoms with Crippen molar-refractivity contribution >= 4 is 11.9 Å². The highest BCUT2D eigenvalue weighted by Gasteiger charge is 2.14.